The molecule has 76 valence electrons. The van der Waals surface area contributed by atoms with Crippen molar-refractivity contribution in [3.63, 3.8) is 0 Å². The molecule has 0 amide bonds. The van der Waals surface area contributed by atoms with Crippen molar-refractivity contribution in [2.75, 3.05) is 0 Å². The summed E-state index contributed by atoms with van der Waals surface area (Å²) in [4.78, 5) is 1.11. The summed E-state index contributed by atoms with van der Waals surface area (Å²) in [5, 5.41) is 12.8. The van der Waals surface area contributed by atoms with Gasteiger partial charge in [-0.25, -0.2) is 0 Å². The van der Waals surface area contributed by atoms with Crippen molar-refractivity contribution in [1.82, 2.24) is 0 Å². The molecule has 1 aromatic rings. The maximum atomic E-state index is 8.78. The zero-order valence-electron chi connectivity index (χ0n) is 8.69. The van der Waals surface area contributed by atoms with Gasteiger partial charge in [-0.15, -0.1) is 0 Å². The van der Waals surface area contributed by atoms with Gasteiger partial charge in [0.1, 0.15) is 5.04 Å². The highest BCUT2D eigenvalue weighted by Gasteiger charge is 2.07. The van der Waals surface area contributed by atoms with Crippen LogP contribution in [-0.4, -0.2) is 10.3 Å². The molecule has 0 atom stereocenters. The SMILES string of the molecule is Cc1ccc(S/C(=N/O)C(C)C)cc1. The standard InChI is InChI=1S/C11H15NOS/c1-8(2)11(12-13)14-10-6-4-9(3)5-7-10/h4-8,13H,1-3H3/b12-11+. The third-order valence-electron chi connectivity index (χ3n) is 1.84. The van der Waals surface area contributed by atoms with E-state index in [2.05, 4.69) is 24.2 Å². The molecule has 0 radical (unpaired) electrons. The lowest BCUT2D eigenvalue weighted by atomic mass is 10.2. The fourth-order valence-electron chi connectivity index (χ4n) is 0.981. The van der Waals surface area contributed by atoms with E-state index in [1.807, 2.05) is 26.0 Å². The first-order chi connectivity index (χ1) is 6.63. The molecule has 0 aromatic heterocycles. The predicted octanol–water partition coefficient (Wildman–Crippen LogP) is 3.53. The summed E-state index contributed by atoms with van der Waals surface area (Å²) < 4.78 is 0. The lowest BCUT2D eigenvalue weighted by molar-refractivity contribution is 0.318. The lowest BCUT2D eigenvalue weighted by Crippen LogP contribution is -2.01. The van der Waals surface area contributed by atoms with Crippen LogP contribution in [0.25, 0.3) is 0 Å². The van der Waals surface area contributed by atoms with Crippen molar-refractivity contribution < 1.29 is 5.21 Å². The molecule has 0 aliphatic heterocycles. The molecule has 1 N–H and O–H groups in total. The smallest absolute Gasteiger partial charge is 0.120 e. The number of aryl methyl sites for hydroxylation is 1. The van der Waals surface area contributed by atoms with Crippen molar-refractivity contribution in [2.24, 2.45) is 11.1 Å². The number of rotatable bonds is 2. The van der Waals surface area contributed by atoms with E-state index >= 15 is 0 Å². The maximum Gasteiger partial charge on any atom is 0.120 e. The van der Waals surface area contributed by atoms with Crippen molar-refractivity contribution in [3.05, 3.63) is 29.8 Å². The molecular weight excluding hydrogens is 194 g/mol. The van der Waals surface area contributed by atoms with Crippen LogP contribution in [0.4, 0.5) is 0 Å². The third-order valence-corrected chi connectivity index (χ3v) is 3.11. The Morgan fingerprint density at radius 3 is 2.29 bits per heavy atom. The van der Waals surface area contributed by atoms with Gasteiger partial charge in [-0.05, 0) is 19.1 Å². The Bertz CT molecular complexity index is 317. The molecule has 0 bridgehead atoms. The van der Waals surface area contributed by atoms with Gasteiger partial charge >= 0.3 is 0 Å². The van der Waals surface area contributed by atoms with E-state index in [0.29, 0.717) is 0 Å². The van der Waals surface area contributed by atoms with Crippen molar-refractivity contribution in [3.8, 4) is 0 Å². The summed E-state index contributed by atoms with van der Waals surface area (Å²) in [5.41, 5.74) is 1.24. The Morgan fingerprint density at radius 2 is 1.86 bits per heavy atom. The molecule has 0 saturated heterocycles. The molecule has 0 heterocycles. The quantitative estimate of drug-likeness (QED) is 0.266. The van der Waals surface area contributed by atoms with E-state index < -0.39 is 0 Å². The Kier molecular flexibility index (Phi) is 4.01. The van der Waals surface area contributed by atoms with Gasteiger partial charge in [0.05, 0.1) is 0 Å². The second-order valence-corrected chi connectivity index (χ2v) is 4.60. The van der Waals surface area contributed by atoms with Crippen LogP contribution in [0.15, 0.2) is 34.3 Å². The zero-order chi connectivity index (χ0) is 10.6. The molecule has 0 unspecified atom stereocenters. The monoisotopic (exact) mass is 209 g/mol. The molecule has 0 aliphatic rings. The minimum atomic E-state index is 0.256. The van der Waals surface area contributed by atoms with Crippen LogP contribution in [-0.2, 0) is 0 Å². The summed E-state index contributed by atoms with van der Waals surface area (Å²) in [6, 6.07) is 8.18. The normalized spacial score (nSPS) is 12.1. The van der Waals surface area contributed by atoms with Gasteiger partial charge in [0, 0.05) is 10.8 Å². The highest BCUT2D eigenvalue weighted by molar-refractivity contribution is 8.14. The lowest BCUT2D eigenvalue weighted by Gasteiger charge is -2.06. The number of nitrogens with zero attached hydrogens (tertiary/aromatic N) is 1. The van der Waals surface area contributed by atoms with E-state index in [1.165, 1.54) is 17.3 Å². The molecule has 2 nitrogen and oxygen atoms in total. The number of thioether (sulfide) groups is 1. The third kappa shape index (κ3) is 3.07. The van der Waals surface area contributed by atoms with Gasteiger partial charge < -0.3 is 5.21 Å². The van der Waals surface area contributed by atoms with E-state index in [4.69, 9.17) is 5.21 Å². The summed E-state index contributed by atoms with van der Waals surface area (Å²) in [6.07, 6.45) is 0. The van der Waals surface area contributed by atoms with Crippen LogP contribution < -0.4 is 0 Å². The minimum Gasteiger partial charge on any atom is -0.410 e. The summed E-state index contributed by atoms with van der Waals surface area (Å²) >= 11 is 1.51. The van der Waals surface area contributed by atoms with Gasteiger partial charge in [0.25, 0.3) is 0 Å². The number of oxime groups is 1. The second-order valence-electron chi connectivity index (χ2n) is 3.51. The second kappa shape index (κ2) is 5.05. The number of hydrogen-bond donors (Lipinski definition) is 1. The highest BCUT2D eigenvalue weighted by Crippen LogP contribution is 2.23. The van der Waals surface area contributed by atoms with Gasteiger partial charge in [-0.2, -0.15) is 0 Å². The predicted molar refractivity (Wildman–Crippen MR) is 61.1 cm³/mol. The fraction of sp³-hybridized carbons (Fsp3) is 0.364. The van der Waals surface area contributed by atoms with E-state index in [0.717, 1.165) is 9.94 Å². The Balaban J connectivity index is 2.73. The van der Waals surface area contributed by atoms with Crippen LogP contribution in [0.3, 0.4) is 0 Å². The Morgan fingerprint density at radius 1 is 1.29 bits per heavy atom. The topological polar surface area (TPSA) is 32.6 Å². The maximum absolute atomic E-state index is 8.78. The molecule has 0 spiro atoms. The van der Waals surface area contributed by atoms with Crippen molar-refractivity contribution in [1.29, 1.82) is 0 Å². The van der Waals surface area contributed by atoms with Gasteiger partial charge in [-0.1, -0.05) is 48.5 Å². The molecular formula is C11H15NOS. The zero-order valence-corrected chi connectivity index (χ0v) is 9.51. The largest absolute Gasteiger partial charge is 0.410 e. The molecule has 1 aromatic carbocycles. The van der Waals surface area contributed by atoms with Crippen LogP contribution in [0.1, 0.15) is 19.4 Å². The van der Waals surface area contributed by atoms with Crippen molar-refractivity contribution in [2.45, 2.75) is 25.7 Å². The molecule has 0 fully saturated rings. The van der Waals surface area contributed by atoms with Crippen LogP contribution in [0.5, 0.6) is 0 Å². The molecule has 14 heavy (non-hydrogen) atoms. The Labute approximate surface area is 89.0 Å². The number of hydrogen-bond acceptors (Lipinski definition) is 3. The minimum absolute atomic E-state index is 0.256. The number of benzene rings is 1. The first-order valence-electron chi connectivity index (χ1n) is 4.60. The summed E-state index contributed by atoms with van der Waals surface area (Å²) in [5.74, 6) is 0.256. The van der Waals surface area contributed by atoms with E-state index in [-0.39, 0.29) is 5.92 Å². The van der Waals surface area contributed by atoms with Gasteiger partial charge in [0.2, 0.25) is 0 Å². The Hall–Kier alpha value is -0.960. The van der Waals surface area contributed by atoms with Gasteiger partial charge in [-0.3, -0.25) is 0 Å². The van der Waals surface area contributed by atoms with Crippen LogP contribution in [0.2, 0.25) is 0 Å². The van der Waals surface area contributed by atoms with Crippen molar-refractivity contribution >= 4 is 16.8 Å². The first-order valence-corrected chi connectivity index (χ1v) is 5.41. The van der Waals surface area contributed by atoms with E-state index in [9.17, 15) is 0 Å². The molecule has 0 saturated carbocycles. The molecule has 0 aliphatic carbocycles. The summed E-state index contributed by atoms with van der Waals surface area (Å²) in [7, 11) is 0. The van der Waals surface area contributed by atoms with Gasteiger partial charge in [0.15, 0.2) is 0 Å². The van der Waals surface area contributed by atoms with Crippen LogP contribution in [0, 0.1) is 12.8 Å². The average Bonchev–Trinajstić information content (AvgIpc) is 2.16. The summed E-state index contributed by atoms with van der Waals surface area (Å²) in [6.45, 7) is 6.07. The van der Waals surface area contributed by atoms with Crippen LogP contribution >= 0.6 is 11.8 Å². The highest BCUT2D eigenvalue weighted by atomic mass is 32.2. The molecule has 3 heteroatoms. The average molecular weight is 209 g/mol. The molecule has 1 rings (SSSR count). The van der Waals surface area contributed by atoms with E-state index in [1.54, 1.807) is 0 Å². The first kappa shape index (κ1) is 11.1. The fourth-order valence-corrected chi connectivity index (χ4v) is 1.77.